The summed E-state index contributed by atoms with van der Waals surface area (Å²) in [7, 11) is -2.53. The van der Waals surface area contributed by atoms with Gasteiger partial charge in [-0.15, -0.1) is 0 Å². The fourth-order valence-corrected chi connectivity index (χ4v) is 4.88. The van der Waals surface area contributed by atoms with Crippen LogP contribution in [0, 0.1) is 6.92 Å². The molecule has 0 spiro atoms. The van der Waals surface area contributed by atoms with Crippen LogP contribution in [0.3, 0.4) is 0 Å². The van der Waals surface area contributed by atoms with Crippen molar-refractivity contribution in [2.24, 2.45) is 0 Å². The minimum absolute atomic E-state index is 0.0543. The predicted octanol–water partition coefficient (Wildman–Crippen LogP) is 5.38. The van der Waals surface area contributed by atoms with Crippen LogP contribution < -0.4 is 9.46 Å². The van der Waals surface area contributed by atoms with Crippen LogP contribution in [0.5, 0.6) is 5.75 Å². The zero-order valence-electron chi connectivity index (χ0n) is 15.3. The summed E-state index contributed by atoms with van der Waals surface area (Å²) >= 11 is 12.4. The number of benzene rings is 3. The van der Waals surface area contributed by atoms with Gasteiger partial charge in [0.15, 0.2) is 0 Å². The number of halogens is 2. The average Bonchev–Trinajstić information content (AvgIpc) is 2.69. The normalized spacial score (nSPS) is 12.6. The van der Waals surface area contributed by atoms with E-state index in [1.54, 1.807) is 0 Å². The molecule has 3 rings (SSSR count). The highest BCUT2D eigenvalue weighted by Crippen LogP contribution is 2.37. The van der Waals surface area contributed by atoms with E-state index >= 15 is 0 Å². The van der Waals surface area contributed by atoms with Crippen molar-refractivity contribution < 1.29 is 13.2 Å². The monoisotopic (exact) mass is 435 g/mol. The number of sulfonamides is 1. The van der Waals surface area contributed by atoms with Gasteiger partial charge in [-0.25, -0.2) is 8.42 Å². The molecular formula is C21H19Cl2NO3S. The fraction of sp³-hybridized carbons (Fsp3) is 0.143. The largest absolute Gasteiger partial charge is 0.495 e. The predicted molar refractivity (Wildman–Crippen MR) is 113 cm³/mol. The van der Waals surface area contributed by atoms with Crippen LogP contribution >= 0.6 is 23.2 Å². The molecule has 0 aliphatic heterocycles. The number of ether oxygens (including phenoxy) is 1. The Morgan fingerprint density at radius 1 is 0.857 bits per heavy atom. The Morgan fingerprint density at radius 2 is 1.46 bits per heavy atom. The second-order valence-corrected chi connectivity index (χ2v) is 8.71. The van der Waals surface area contributed by atoms with Gasteiger partial charge < -0.3 is 4.74 Å². The summed E-state index contributed by atoms with van der Waals surface area (Å²) in [5.74, 6) is 0.309. The lowest BCUT2D eigenvalue weighted by Crippen LogP contribution is -2.29. The first kappa shape index (κ1) is 20.7. The Kier molecular flexibility index (Phi) is 6.30. The molecule has 0 heterocycles. The zero-order chi connectivity index (χ0) is 20.3. The molecule has 0 amide bonds. The highest BCUT2D eigenvalue weighted by molar-refractivity contribution is 7.89. The molecule has 146 valence electrons. The SMILES string of the molecule is COc1ccc(S(=O)(=O)N[C@@H](c2ccccc2)c2ccc(C)cc2)c(Cl)c1Cl. The van der Waals surface area contributed by atoms with Crippen molar-refractivity contribution in [3.05, 3.63) is 93.5 Å². The molecule has 1 N–H and O–H groups in total. The maximum Gasteiger partial charge on any atom is 0.242 e. The van der Waals surface area contributed by atoms with E-state index in [2.05, 4.69) is 4.72 Å². The molecule has 0 fully saturated rings. The molecule has 0 bridgehead atoms. The molecule has 3 aromatic carbocycles. The van der Waals surface area contributed by atoms with E-state index < -0.39 is 16.1 Å². The van der Waals surface area contributed by atoms with Crippen molar-refractivity contribution in [2.75, 3.05) is 7.11 Å². The molecule has 0 aromatic heterocycles. The molecule has 0 saturated carbocycles. The Balaban J connectivity index is 2.05. The standard InChI is InChI=1S/C21H19Cl2NO3S/c1-14-8-10-16(11-9-14)21(15-6-4-3-5-7-15)24-28(25,26)18-13-12-17(27-2)19(22)20(18)23/h3-13,21,24H,1-2H3/t21-/m0/s1. The first-order valence-corrected chi connectivity index (χ1v) is 10.7. The van der Waals surface area contributed by atoms with Gasteiger partial charge in [0.2, 0.25) is 10.0 Å². The third kappa shape index (κ3) is 4.33. The number of hydrogen-bond acceptors (Lipinski definition) is 3. The number of aryl methyl sites for hydroxylation is 1. The van der Waals surface area contributed by atoms with Gasteiger partial charge in [0, 0.05) is 0 Å². The molecule has 4 nitrogen and oxygen atoms in total. The summed E-state index contributed by atoms with van der Waals surface area (Å²) in [5.41, 5.74) is 2.71. The number of hydrogen-bond donors (Lipinski definition) is 1. The van der Waals surface area contributed by atoms with E-state index in [0.717, 1.165) is 16.7 Å². The van der Waals surface area contributed by atoms with E-state index in [1.165, 1.54) is 19.2 Å². The van der Waals surface area contributed by atoms with Gasteiger partial charge in [-0.2, -0.15) is 4.72 Å². The van der Waals surface area contributed by atoms with Gasteiger partial charge in [-0.3, -0.25) is 0 Å². The topological polar surface area (TPSA) is 55.4 Å². The van der Waals surface area contributed by atoms with Crippen LogP contribution in [-0.2, 0) is 10.0 Å². The first-order valence-electron chi connectivity index (χ1n) is 8.49. The summed E-state index contributed by atoms with van der Waals surface area (Å²) in [6, 6.07) is 19.3. The number of nitrogens with one attached hydrogen (secondary N) is 1. The Hall–Kier alpha value is -2.05. The zero-order valence-corrected chi connectivity index (χ0v) is 17.6. The summed E-state index contributed by atoms with van der Waals surface area (Å²) in [6.07, 6.45) is 0. The number of methoxy groups -OCH3 is 1. The quantitative estimate of drug-likeness (QED) is 0.565. The van der Waals surface area contributed by atoms with Gasteiger partial charge in [0.25, 0.3) is 0 Å². The van der Waals surface area contributed by atoms with E-state index in [0.29, 0.717) is 5.75 Å². The lowest BCUT2D eigenvalue weighted by atomic mass is 9.99. The second kappa shape index (κ2) is 8.53. The van der Waals surface area contributed by atoms with Gasteiger partial charge >= 0.3 is 0 Å². The summed E-state index contributed by atoms with van der Waals surface area (Å²) in [6.45, 7) is 1.98. The molecule has 28 heavy (non-hydrogen) atoms. The van der Waals surface area contributed by atoms with Crippen molar-refractivity contribution >= 4 is 33.2 Å². The second-order valence-electron chi connectivity index (χ2n) is 6.27. The Labute approximate surface area is 175 Å². The van der Waals surface area contributed by atoms with Crippen LogP contribution in [0.25, 0.3) is 0 Å². The van der Waals surface area contributed by atoms with Gasteiger partial charge in [-0.05, 0) is 30.2 Å². The maximum absolute atomic E-state index is 13.1. The van der Waals surface area contributed by atoms with Crippen LogP contribution in [0.15, 0.2) is 71.6 Å². The Bertz CT molecular complexity index is 1070. The molecule has 0 saturated heterocycles. The van der Waals surface area contributed by atoms with Crippen molar-refractivity contribution in [3.8, 4) is 5.75 Å². The smallest absolute Gasteiger partial charge is 0.242 e. The van der Waals surface area contributed by atoms with E-state index in [9.17, 15) is 8.42 Å². The molecule has 7 heteroatoms. The molecule has 3 aromatic rings. The van der Waals surface area contributed by atoms with E-state index in [4.69, 9.17) is 27.9 Å². The Morgan fingerprint density at radius 3 is 2.07 bits per heavy atom. The van der Waals surface area contributed by atoms with Crippen molar-refractivity contribution in [3.63, 3.8) is 0 Å². The highest BCUT2D eigenvalue weighted by atomic mass is 35.5. The van der Waals surface area contributed by atoms with Gasteiger partial charge in [0.05, 0.1) is 18.2 Å². The molecule has 0 radical (unpaired) electrons. The summed E-state index contributed by atoms with van der Waals surface area (Å²) < 4.78 is 34.1. The fourth-order valence-electron chi connectivity index (χ4n) is 2.83. The number of rotatable bonds is 6. The van der Waals surface area contributed by atoms with E-state index in [-0.39, 0.29) is 14.9 Å². The van der Waals surface area contributed by atoms with E-state index in [1.807, 2.05) is 61.5 Å². The first-order chi connectivity index (χ1) is 13.3. The minimum Gasteiger partial charge on any atom is -0.495 e. The lowest BCUT2D eigenvalue weighted by molar-refractivity contribution is 0.414. The van der Waals surface area contributed by atoms with Crippen molar-refractivity contribution in [2.45, 2.75) is 17.9 Å². The summed E-state index contributed by atoms with van der Waals surface area (Å²) in [5, 5.41) is -0.0251. The maximum atomic E-state index is 13.1. The van der Waals surface area contributed by atoms with Gasteiger partial charge in [0.1, 0.15) is 15.7 Å². The van der Waals surface area contributed by atoms with Crippen LogP contribution in [-0.4, -0.2) is 15.5 Å². The third-order valence-corrected chi connectivity index (χ3v) is 6.78. The van der Waals surface area contributed by atoms with Crippen LogP contribution in [0.2, 0.25) is 10.0 Å². The molecular weight excluding hydrogens is 417 g/mol. The highest BCUT2D eigenvalue weighted by Gasteiger charge is 2.26. The molecule has 0 unspecified atom stereocenters. The average molecular weight is 436 g/mol. The molecule has 1 atom stereocenters. The molecule has 0 aliphatic rings. The van der Waals surface area contributed by atoms with Crippen LogP contribution in [0.4, 0.5) is 0 Å². The lowest BCUT2D eigenvalue weighted by Gasteiger charge is -2.21. The van der Waals surface area contributed by atoms with Crippen molar-refractivity contribution in [1.29, 1.82) is 0 Å². The van der Waals surface area contributed by atoms with Crippen molar-refractivity contribution in [1.82, 2.24) is 4.72 Å². The molecule has 0 aliphatic carbocycles. The summed E-state index contributed by atoms with van der Waals surface area (Å²) in [4.78, 5) is -0.104. The van der Waals surface area contributed by atoms with Crippen LogP contribution in [0.1, 0.15) is 22.7 Å². The van der Waals surface area contributed by atoms with Gasteiger partial charge in [-0.1, -0.05) is 83.4 Å². The minimum atomic E-state index is -3.97. The third-order valence-electron chi connectivity index (χ3n) is 4.34.